The fourth-order valence-corrected chi connectivity index (χ4v) is 3.99. The van der Waals surface area contributed by atoms with E-state index in [2.05, 4.69) is 10.3 Å². The van der Waals surface area contributed by atoms with Gasteiger partial charge < -0.3 is 15.3 Å². The van der Waals surface area contributed by atoms with Gasteiger partial charge >= 0.3 is 0 Å². The van der Waals surface area contributed by atoms with Crippen molar-refractivity contribution < 1.29 is 14.7 Å². The number of aliphatic hydroxyl groups excluding tert-OH is 1. The smallest absolute Gasteiger partial charge is 0.270 e. The van der Waals surface area contributed by atoms with Crippen molar-refractivity contribution in [2.45, 2.75) is 51.2 Å². The number of amides is 2. The molecule has 0 bridgehead atoms. The number of carbonyl (C=O) groups is 2. The number of aliphatic hydroxyl groups is 1. The predicted octanol–water partition coefficient (Wildman–Crippen LogP) is 3.26. The van der Waals surface area contributed by atoms with Crippen LogP contribution in [0.4, 0.5) is 0 Å². The Bertz CT molecular complexity index is 848. The van der Waals surface area contributed by atoms with Crippen LogP contribution in [0.3, 0.4) is 0 Å². The SMILES string of the molecule is Cc1cccc(C(=O)NC2CCC(C(=O)N(C)CCC(O)c3ccccc3)CC2)n1. The molecule has 2 N–H and O–H groups in total. The number of hydrogen-bond donors (Lipinski definition) is 2. The van der Waals surface area contributed by atoms with E-state index in [-0.39, 0.29) is 23.8 Å². The van der Waals surface area contributed by atoms with Crippen molar-refractivity contribution in [3.8, 4) is 0 Å². The molecule has 1 saturated carbocycles. The maximum absolute atomic E-state index is 12.8. The Morgan fingerprint density at radius 2 is 1.80 bits per heavy atom. The molecule has 0 spiro atoms. The monoisotopic (exact) mass is 409 g/mol. The number of hydrogen-bond acceptors (Lipinski definition) is 4. The summed E-state index contributed by atoms with van der Waals surface area (Å²) in [4.78, 5) is 31.2. The molecule has 1 aliphatic carbocycles. The highest BCUT2D eigenvalue weighted by Crippen LogP contribution is 2.26. The molecule has 30 heavy (non-hydrogen) atoms. The Balaban J connectivity index is 1.42. The summed E-state index contributed by atoms with van der Waals surface area (Å²) in [5.74, 6) is -0.0463. The maximum Gasteiger partial charge on any atom is 0.270 e. The molecule has 1 aromatic carbocycles. The van der Waals surface area contributed by atoms with Gasteiger partial charge in [-0.2, -0.15) is 0 Å². The Kier molecular flexibility index (Phi) is 7.57. The van der Waals surface area contributed by atoms with E-state index in [4.69, 9.17) is 0 Å². The Hall–Kier alpha value is -2.73. The first kappa shape index (κ1) is 22.0. The normalized spacial score (nSPS) is 19.7. The second-order valence-corrected chi connectivity index (χ2v) is 8.16. The fourth-order valence-electron chi connectivity index (χ4n) is 3.99. The first-order valence-electron chi connectivity index (χ1n) is 10.7. The molecule has 1 unspecified atom stereocenters. The molecule has 2 aromatic rings. The summed E-state index contributed by atoms with van der Waals surface area (Å²) in [6, 6.07) is 15.0. The van der Waals surface area contributed by atoms with E-state index >= 15 is 0 Å². The second-order valence-electron chi connectivity index (χ2n) is 8.16. The van der Waals surface area contributed by atoms with E-state index in [9.17, 15) is 14.7 Å². The van der Waals surface area contributed by atoms with Crippen LogP contribution in [0.2, 0.25) is 0 Å². The van der Waals surface area contributed by atoms with Crippen LogP contribution in [0.15, 0.2) is 48.5 Å². The van der Waals surface area contributed by atoms with E-state index < -0.39 is 6.10 Å². The molecule has 1 aliphatic rings. The summed E-state index contributed by atoms with van der Waals surface area (Å²) in [6.07, 6.45) is 3.04. The molecule has 3 rings (SSSR count). The molecular formula is C24H31N3O3. The molecule has 2 amide bonds. The number of aryl methyl sites for hydroxylation is 1. The molecule has 6 heteroatoms. The third kappa shape index (κ3) is 5.89. The van der Waals surface area contributed by atoms with Crippen LogP contribution in [0.25, 0.3) is 0 Å². The molecule has 1 heterocycles. The van der Waals surface area contributed by atoms with E-state index in [1.165, 1.54) is 0 Å². The molecule has 1 aromatic heterocycles. The van der Waals surface area contributed by atoms with E-state index in [1.54, 1.807) is 18.0 Å². The van der Waals surface area contributed by atoms with Gasteiger partial charge in [0.1, 0.15) is 5.69 Å². The van der Waals surface area contributed by atoms with Crippen LogP contribution < -0.4 is 5.32 Å². The summed E-state index contributed by atoms with van der Waals surface area (Å²) < 4.78 is 0. The summed E-state index contributed by atoms with van der Waals surface area (Å²) in [7, 11) is 1.80. The summed E-state index contributed by atoms with van der Waals surface area (Å²) >= 11 is 0. The van der Waals surface area contributed by atoms with Crippen LogP contribution >= 0.6 is 0 Å². The molecule has 1 fully saturated rings. The van der Waals surface area contributed by atoms with E-state index in [1.807, 2.05) is 49.4 Å². The Labute approximate surface area is 178 Å². The second kappa shape index (κ2) is 10.3. The molecule has 160 valence electrons. The average molecular weight is 410 g/mol. The lowest BCUT2D eigenvalue weighted by Gasteiger charge is -2.31. The molecule has 6 nitrogen and oxygen atoms in total. The van der Waals surface area contributed by atoms with Gasteiger partial charge in [-0.25, -0.2) is 4.98 Å². The zero-order chi connectivity index (χ0) is 21.5. The number of nitrogens with zero attached hydrogens (tertiary/aromatic N) is 2. The molecular weight excluding hydrogens is 378 g/mol. The lowest BCUT2D eigenvalue weighted by atomic mass is 9.85. The zero-order valence-electron chi connectivity index (χ0n) is 17.8. The van der Waals surface area contributed by atoms with Crippen molar-refractivity contribution in [3.05, 3.63) is 65.5 Å². The minimum absolute atomic E-state index is 0.0193. The average Bonchev–Trinajstić information content (AvgIpc) is 2.77. The van der Waals surface area contributed by atoms with E-state index in [0.29, 0.717) is 18.7 Å². The van der Waals surface area contributed by atoms with Crippen LogP contribution in [-0.2, 0) is 4.79 Å². The number of aromatic nitrogens is 1. The summed E-state index contributed by atoms with van der Waals surface area (Å²) in [6.45, 7) is 2.38. The first-order chi connectivity index (χ1) is 14.4. The number of pyridine rings is 1. The van der Waals surface area contributed by atoms with Gasteiger partial charge in [-0.05, 0) is 56.7 Å². The predicted molar refractivity (Wildman–Crippen MR) is 116 cm³/mol. The molecule has 0 radical (unpaired) electrons. The van der Waals surface area contributed by atoms with Crippen molar-refractivity contribution in [1.82, 2.24) is 15.2 Å². The third-order valence-electron chi connectivity index (χ3n) is 5.83. The topological polar surface area (TPSA) is 82.5 Å². The summed E-state index contributed by atoms with van der Waals surface area (Å²) in [5.41, 5.74) is 2.12. The lowest BCUT2D eigenvalue weighted by Crippen LogP contribution is -2.41. The quantitative estimate of drug-likeness (QED) is 0.735. The standard InChI is InChI=1S/C24H31N3O3/c1-17-7-6-10-21(25-17)23(29)26-20-13-11-19(12-14-20)24(30)27(2)16-15-22(28)18-8-4-3-5-9-18/h3-10,19-20,22,28H,11-16H2,1-2H3,(H,26,29). The van der Waals surface area contributed by atoms with Crippen molar-refractivity contribution in [3.63, 3.8) is 0 Å². The van der Waals surface area contributed by atoms with Gasteiger partial charge in [0, 0.05) is 31.2 Å². The Morgan fingerprint density at radius 3 is 2.47 bits per heavy atom. The number of rotatable bonds is 7. The van der Waals surface area contributed by atoms with Gasteiger partial charge in [0.05, 0.1) is 6.10 Å². The van der Waals surface area contributed by atoms with Crippen molar-refractivity contribution in [2.24, 2.45) is 5.92 Å². The van der Waals surface area contributed by atoms with Crippen molar-refractivity contribution >= 4 is 11.8 Å². The van der Waals surface area contributed by atoms with Gasteiger partial charge in [-0.1, -0.05) is 36.4 Å². The Morgan fingerprint density at radius 1 is 1.10 bits per heavy atom. The summed E-state index contributed by atoms with van der Waals surface area (Å²) in [5, 5.41) is 13.4. The molecule has 1 atom stereocenters. The van der Waals surface area contributed by atoms with Gasteiger partial charge in [0.2, 0.25) is 5.91 Å². The van der Waals surface area contributed by atoms with Gasteiger partial charge in [-0.3, -0.25) is 9.59 Å². The molecule has 0 saturated heterocycles. The lowest BCUT2D eigenvalue weighted by molar-refractivity contribution is -0.135. The minimum Gasteiger partial charge on any atom is -0.388 e. The van der Waals surface area contributed by atoms with Crippen LogP contribution in [-0.4, -0.2) is 46.4 Å². The van der Waals surface area contributed by atoms with Gasteiger partial charge in [-0.15, -0.1) is 0 Å². The number of carbonyl (C=O) groups excluding carboxylic acids is 2. The number of nitrogens with one attached hydrogen (secondary N) is 1. The van der Waals surface area contributed by atoms with E-state index in [0.717, 1.165) is 36.9 Å². The highest BCUT2D eigenvalue weighted by molar-refractivity contribution is 5.92. The van der Waals surface area contributed by atoms with Gasteiger partial charge in [0.15, 0.2) is 0 Å². The molecule has 0 aliphatic heterocycles. The van der Waals surface area contributed by atoms with Crippen LogP contribution in [0, 0.1) is 12.8 Å². The largest absolute Gasteiger partial charge is 0.388 e. The first-order valence-corrected chi connectivity index (χ1v) is 10.7. The van der Waals surface area contributed by atoms with Crippen molar-refractivity contribution in [1.29, 1.82) is 0 Å². The van der Waals surface area contributed by atoms with Crippen LogP contribution in [0.5, 0.6) is 0 Å². The van der Waals surface area contributed by atoms with Crippen molar-refractivity contribution in [2.75, 3.05) is 13.6 Å². The minimum atomic E-state index is -0.567. The highest BCUT2D eigenvalue weighted by atomic mass is 16.3. The highest BCUT2D eigenvalue weighted by Gasteiger charge is 2.29. The third-order valence-corrected chi connectivity index (χ3v) is 5.83. The van der Waals surface area contributed by atoms with Crippen LogP contribution in [0.1, 0.15) is 60.0 Å². The van der Waals surface area contributed by atoms with Gasteiger partial charge in [0.25, 0.3) is 5.91 Å². The number of benzene rings is 1. The maximum atomic E-state index is 12.8. The zero-order valence-corrected chi connectivity index (χ0v) is 17.8. The fraction of sp³-hybridized carbons (Fsp3) is 0.458.